The molecular formula is C13H22N4O. The van der Waals surface area contributed by atoms with Crippen LogP contribution in [0.3, 0.4) is 0 Å². The summed E-state index contributed by atoms with van der Waals surface area (Å²) < 4.78 is 5.49. The summed E-state index contributed by atoms with van der Waals surface area (Å²) in [5, 5.41) is 7.65. The highest BCUT2D eigenvalue weighted by Gasteiger charge is 2.37. The van der Waals surface area contributed by atoms with E-state index in [2.05, 4.69) is 34.2 Å². The lowest BCUT2D eigenvalue weighted by molar-refractivity contribution is 0.146. The first-order valence-electron chi connectivity index (χ1n) is 6.99. The Kier molecular flexibility index (Phi) is 3.01. The summed E-state index contributed by atoms with van der Waals surface area (Å²) in [5.74, 6) is 1.52. The highest BCUT2D eigenvalue weighted by molar-refractivity contribution is 5.29. The quantitative estimate of drug-likeness (QED) is 0.871. The van der Waals surface area contributed by atoms with Crippen molar-refractivity contribution in [1.82, 2.24) is 15.5 Å². The maximum Gasteiger partial charge on any atom is 0.266 e. The monoisotopic (exact) mass is 250 g/mol. The molecule has 0 radical (unpaired) electrons. The van der Waals surface area contributed by atoms with Gasteiger partial charge in [-0.1, -0.05) is 13.8 Å². The molecule has 5 heteroatoms. The molecule has 0 aromatic carbocycles. The summed E-state index contributed by atoms with van der Waals surface area (Å²) in [6, 6.07) is 0.190. The molecule has 0 aliphatic carbocycles. The topological polar surface area (TPSA) is 54.2 Å². The highest BCUT2D eigenvalue weighted by Crippen LogP contribution is 2.39. The van der Waals surface area contributed by atoms with Crippen molar-refractivity contribution in [1.29, 1.82) is 0 Å². The molecule has 0 saturated carbocycles. The fraction of sp³-hybridized carbons (Fsp3) is 0.846. The minimum absolute atomic E-state index is 0.188. The molecule has 5 nitrogen and oxygen atoms in total. The van der Waals surface area contributed by atoms with Crippen LogP contribution in [-0.2, 0) is 0 Å². The fourth-order valence-electron chi connectivity index (χ4n) is 3.02. The Labute approximate surface area is 108 Å². The number of hydrogen-bond donors (Lipinski definition) is 1. The van der Waals surface area contributed by atoms with Crippen LogP contribution >= 0.6 is 0 Å². The number of nitrogens with one attached hydrogen (secondary N) is 1. The molecule has 2 fully saturated rings. The predicted octanol–water partition coefficient (Wildman–Crippen LogP) is 2.12. The van der Waals surface area contributed by atoms with Gasteiger partial charge in [-0.15, -0.1) is 0 Å². The minimum atomic E-state index is 0.188. The minimum Gasteiger partial charge on any atom is -0.338 e. The molecule has 0 bridgehead atoms. The summed E-state index contributed by atoms with van der Waals surface area (Å²) >= 11 is 0. The van der Waals surface area contributed by atoms with E-state index in [0.717, 1.165) is 31.5 Å². The third kappa shape index (κ3) is 2.11. The van der Waals surface area contributed by atoms with Crippen molar-refractivity contribution in [2.24, 2.45) is 5.41 Å². The number of aromatic nitrogens is 2. The molecule has 2 aliphatic rings. The Hall–Kier alpha value is -1.10. The van der Waals surface area contributed by atoms with Gasteiger partial charge in [-0.05, 0) is 42.8 Å². The zero-order valence-electron chi connectivity index (χ0n) is 11.3. The third-order valence-electron chi connectivity index (χ3n) is 4.19. The van der Waals surface area contributed by atoms with E-state index >= 15 is 0 Å². The number of hydrogen-bond acceptors (Lipinski definition) is 5. The average molecular weight is 250 g/mol. The van der Waals surface area contributed by atoms with Crippen molar-refractivity contribution < 1.29 is 4.52 Å². The summed E-state index contributed by atoms with van der Waals surface area (Å²) in [6.45, 7) is 7.68. The number of anilines is 1. The van der Waals surface area contributed by atoms with Gasteiger partial charge in [0.25, 0.3) is 5.95 Å². The molecule has 0 amide bonds. The first kappa shape index (κ1) is 12.0. The molecule has 1 aromatic rings. The van der Waals surface area contributed by atoms with Crippen LogP contribution in [0, 0.1) is 5.41 Å². The van der Waals surface area contributed by atoms with E-state index in [1.807, 2.05) is 0 Å². The molecule has 1 unspecified atom stereocenters. The molecule has 2 aliphatic heterocycles. The molecular weight excluding hydrogens is 228 g/mol. The van der Waals surface area contributed by atoms with E-state index in [1.165, 1.54) is 25.7 Å². The Bertz CT molecular complexity index is 409. The van der Waals surface area contributed by atoms with Gasteiger partial charge in [0, 0.05) is 13.1 Å². The van der Waals surface area contributed by atoms with E-state index in [9.17, 15) is 0 Å². The van der Waals surface area contributed by atoms with Gasteiger partial charge in [-0.3, -0.25) is 0 Å². The van der Waals surface area contributed by atoms with Gasteiger partial charge < -0.3 is 14.7 Å². The highest BCUT2D eigenvalue weighted by atomic mass is 16.5. The summed E-state index contributed by atoms with van der Waals surface area (Å²) in [4.78, 5) is 6.81. The number of rotatable bonds is 2. The van der Waals surface area contributed by atoms with Crippen molar-refractivity contribution in [2.45, 2.75) is 45.6 Å². The summed E-state index contributed by atoms with van der Waals surface area (Å²) in [6.07, 6.45) is 4.89. The molecule has 0 spiro atoms. The lowest BCUT2D eigenvalue weighted by Crippen LogP contribution is -2.39. The van der Waals surface area contributed by atoms with Crippen molar-refractivity contribution in [3.8, 4) is 0 Å². The second kappa shape index (κ2) is 4.53. The van der Waals surface area contributed by atoms with Crippen molar-refractivity contribution in [2.75, 3.05) is 24.5 Å². The van der Waals surface area contributed by atoms with Crippen LogP contribution < -0.4 is 10.2 Å². The Morgan fingerprint density at radius 2 is 2.06 bits per heavy atom. The SMILES string of the molecule is CC1(C)CCCNC1c1nc(N2CCCC2)no1. The third-order valence-corrected chi connectivity index (χ3v) is 4.19. The molecule has 3 heterocycles. The molecule has 1 aromatic heterocycles. The standard InChI is InChI=1S/C13H22N4O/c1-13(2)6-5-7-14-10(13)11-15-12(16-18-11)17-8-3-4-9-17/h10,14H,3-9H2,1-2H3. The van der Waals surface area contributed by atoms with Crippen LogP contribution in [0.25, 0.3) is 0 Å². The van der Waals surface area contributed by atoms with Crippen LogP contribution in [0.4, 0.5) is 5.95 Å². The van der Waals surface area contributed by atoms with Gasteiger partial charge in [-0.25, -0.2) is 0 Å². The second-order valence-electron chi connectivity index (χ2n) is 6.11. The van der Waals surface area contributed by atoms with Crippen LogP contribution in [0.5, 0.6) is 0 Å². The first-order valence-corrected chi connectivity index (χ1v) is 6.99. The van der Waals surface area contributed by atoms with Crippen LogP contribution in [0.2, 0.25) is 0 Å². The molecule has 1 N–H and O–H groups in total. The van der Waals surface area contributed by atoms with Crippen molar-refractivity contribution in [3.63, 3.8) is 0 Å². The number of piperidine rings is 1. The van der Waals surface area contributed by atoms with Crippen molar-refractivity contribution in [3.05, 3.63) is 5.89 Å². The lowest BCUT2D eigenvalue weighted by Gasteiger charge is -2.36. The zero-order valence-corrected chi connectivity index (χ0v) is 11.3. The smallest absolute Gasteiger partial charge is 0.266 e. The predicted molar refractivity (Wildman–Crippen MR) is 69.5 cm³/mol. The Balaban J connectivity index is 1.79. The van der Waals surface area contributed by atoms with Gasteiger partial charge in [0.05, 0.1) is 6.04 Å². The average Bonchev–Trinajstić information content (AvgIpc) is 2.99. The molecule has 100 valence electrons. The van der Waals surface area contributed by atoms with E-state index < -0.39 is 0 Å². The van der Waals surface area contributed by atoms with E-state index in [4.69, 9.17) is 4.52 Å². The Morgan fingerprint density at radius 3 is 2.78 bits per heavy atom. The normalized spacial score (nSPS) is 27.7. The van der Waals surface area contributed by atoms with E-state index in [1.54, 1.807) is 0 Å². The van der Waals surface area contributed by atoms with Crippen LogP contribution in [0.15, 0.2) is 4.52 Å². The van der Waals surface area contributed by atoms with Crippen LogP contribution in [0.1, 0.15) is 51.5 Å². The summed E-state index contributed by atoms with van der Waals surface area (Å²) in [7, 11) is 0. The second-order valence-corrected chi connectivity index (χ2v) is 6.11. The lowest BCUT2D eigenvalue weighted by atomic mass is 9.77. The van der Waals surface area contributed by atoms with E-state index in [0.29, 0.717) is 0 Å². The molecule has 2 saturated heterocycles. The largest absolute Gasteiger partial charge is 0.338 e. The maximum absolute atomic E-state index is 5.49. The molecule has 1 atom stereocenters. The van der Waals surface area contributed by atoms with Crippen LogP contribution in [-0.4, -0.2) is 29.8 Å². The molecule has 18 heavy (non-hydrogen) atoms. The van der Waals surface area contributed by atoms with Gasteiger partial charge >= 0.3 is 0 Å². The van der Waals surface area contributed by atoms with Gasteiger partial charge in [-0.2, -0.15) is 4.98 Å². The molecule has 3 rings (SSSR count). The fourth-order valence-corrected chi connectivity index (χ4v) is 3.02. The maximum atomic E-state index is 5.49. The van der Waals surface area contributed by atoms with Gasteiger partial charge in [0.1, 0.15) is 0 Å². The first-order chi connectivity index (χ1) is 8.67. The number of nitrogens with zero attached hydrogens (tertiary/aromatic N) is 3. The van der Waals surface area contributed by atoms with E-state index in [-0.39, 0.29) is 11.5 Å². The van der Waals surface area contributed by atoms with Gasteiger partial charge in [0.2, 0.25) is 5.89 Å². The van der Waals surface area contributed by atoms with Gasteiger partial charge in [0.15, 0.2) is 0 Å². The Morgan fingerprint density at radius 1 is 1.28 bits per heavy atom. The zero-order chi connectivity index (χ0) is 12.6. The van der Waals surface area contributed by atoms with Crippen molar-refractivity contribution >= 4 is 5.95 Å². The summed E-state index contributed by atoms with van der Waals surface area (Å²) in [5.41, 5.74) is 0.188.